The zero-order valence-corrected chi connectivity index (χ0v) is 7.12. The van der Waals surface area contributed by atoms with Gasteiger partial charge in [-0.05, 0) is 6.42 Å². The fraction of sp³-hybridized carbons (Fsp3) is 0.714. The van der Waals surface area contributed by atoms with Crippen LogP contribution in [-0.4, -0.2) is 41.5 Å². The van der Waals surface area contributed by atoms with Gasteiger partial charge in [0.2, 0.25) is 0 Å². The molecule has 0 aromatic rings. The molecule has 4 amide bonds. The molecule has 1 aliphatic heterocycles. The standard InChI is InChI=1S/C7H13N3O2/c1-2-3-9-4-5-10(6(8)11)7(9)12/h2-5H2,1H3,(H2,8,11). The summed E-state index contributed by atoms with van der Waals surface area (Å²) in [7, 11) is 0. The first kappa shape index (κ1) is 8.83. The van der Waals surface area contributed by atoms with Gasteiger partial charge in [0, 0.05) is 19.6 Å². The molecule has 1 aliphatic rings. The zero-order chi connectivity index (χ0) is 9.14. The Morgan fingerprint density at radius 3 is 2.67 bits per heavy atom. The molecule has 0 aliphatic carbocycles. The van der Waals surface area contributed by atoms with Crippen LogP contribution in [0, 0.1) is 0 Å². The Morgan fingerprint density at radius 2 is 2.25 bits per heavy atom. The van der Waals surface area contributed by atoms with E-state index < -0.39 is 6.03 Å². The molecule has 1 rings (SSSR count). The third-order valence-electron chi connectivity index (χ3n) is 1.85. The summed E-state index contributed by atoms with van der Waals surface area (Å²) in [5.41, 5.74) is 4.99. The summed E-state index contributed by atoms with van der Waals surface area (Å²) in [5.74, 6) is 0. The van der Waals surface area contributed by atoms with Gasteiger partial charge in [-0.3, -0.25) is 0 Å². The summed E-state index contributed by atoms with van der Waals surface area (Å²) >= 11 is 0. The Balaban J connectivity index is 2.55. The number of imide groups is 1. The van der Waals surface area contributed by atoms with Crippen LogP contribution in [0.1, 0.15) is 13.3 Å². The predicted molar refractivity (Wildman–Crippen MR) is 43.5 cm³/mol. The summed E-state index contributed by atoms with van der Waals surface area (Å²) in [6.07, 6.45) is 0.901. The van der Waals surface area contributed by atoms with Crippen LogP contribution in [0.2, 0.25) is 0 Å². The first-order valence-electron chi connectivity index (χ1n) is 4.02. The molecule has 0 spiro atoms. The number of hydrogen-bond donors (Lipinski definition) is 1. The van der Waals surface area contributed by atoms with Gasteiger partial charge in [0.05, 0.1) is 0 Å². The van der Waals surface area contributed by atoms with Gasteiger partial charge in [-0.2, -0.15) is 0 Å². The lowest BCUT2D eigenvalue weighted by molar-refractivity contribution is 0.189. The van der Waals surface area contributed by atoms with Gasteiger partial charge in [-0.15, -0.1) is 0 Å². The number of rotatable bonds is 2. The van der Waals surface area contributed by atoms with Crippen molar-refractivity contribution in [2.75, 3.05) is 19.6 Å². The molecule has 0 saturated carbocycles. The van der Waals surface area contributed by atoms with E-state index in [1.165, 1.54) is 0 Å². The Kier molecular flexibility index (Phi) is 2.52. The lowest BCUT2D eigenvalue weighted by Gasteiger charge is -2.14. The molecule has 1 fully saturated rings. The molecule has 0 atom stereocenters. The second-order valence-corrected chi connectivity index (χ2v) is 2.76. The molecule has 1 saturated heterocycles. The van der Waals surface area contributed by atoms with Gasteiger partial charge in [0.1, 0.15) is 0 Å². The molecule has 5 heteroatoms. The van der Waals surface area contributed by atoms with Crippen molar-refractivity contribution in [2.24, 2.45) is 5.73 Å². The maximum Gasteiger partial charge on any atom is 0.328 e. The van der Waals surface area contributed by atoms with Gasteiger partial charge in [-0.25, -0.2) is 14.5 Å². The van der Waals surface area contributed by atoms with E-state index in [9.17, 15) is 9.59 Å². The number of nitrogens with zero attached hydrogens (tertiary/aromatic N) is 2. The minimum absolute atomic E-state index is 0.260. The first-order chi connectivity index (χ1) is 5.66. The van der Waals surface area contributed by atoms with Crippen LogP contribution in [0.5, 0.6) is 0 Å². The van der Waals surface area contributed by atoms with Crippen LogP contribution in [0.3, 0.4) is 0 Å². The molecule has 12 heavy (non-hydrogen) atoms. The highest BCUT2D eigenvalue weighted by atomic mass is 16.2. The van der Waals surface area contributed by atoms with E-state index in [4.69, 9.17) is 5.73 Å². The van der Waals surface area contributed by atoms with E-state index in [2.05, 4.69) is 0 Å². The Morgan fingerprint density at radius 1 is 1.58 bits per heavy atom. The van der Waals surface area contributed by atoms with Gasteiger partial charge in [0.25, 0.3) is 0 Å². The lowest BCUT2D eigenvalue weighted by atomic mass is 10.4. The van der Waals surface area contributed by atoms with Crippen LogP contribution in [-0.2, 0) is 0 Å². The smallest absolute Gasteiger partial charge is 0.328 e. The normalized spacial score (nSPS) is 17.2. The topological polar surface area (TPSA) is 66.6 Å². The maximum absolute atomic E-state index is 11.3. The van der Waals surface area contributed by atoms with Crippen LogP contribution >= 0.6 is 0 Å². The van der Waals surface area contributed by atoms with E-state index in [1.807, 2.05) is 6.92 Å². The second kappa shape index (κ2) is 3.42. The van der Waals surface area contributed by atoms with Crippen molar-refractivity contribution in [3.05, 3.63) is 0 Å². The minimum Gasteiger partial charge on any atom is -0.351 e. The van der Waals surface area contributed by atoms with Crippen LogP contribution < -0.4 is 5.73 Å². The van der Waals surface area contributed by atoms with Crippen molar-refractivity contribution >= 4 is 12.1 Å². The van der Waals surface area contributed by atoms with Crippen molar-refractivity contribution in [1.29, 1.82) is 0 Å². The summed E-state index contributed by atoms with van der Waals surface area (Å²) in [6.45, 7) is 3.71. The summed E-state index contributed by atoms with van der Waals surface area (Å²) < 4.78 is 0. The fourth-order valence-electron chi connectivity index (χ4n) is 1.26. The SMILES string of the molecule is CCCN1CCN(C(N)=O)C1=O. The van der Waals surface area contributed by atoms with E-state index in [1.54, 1.807) is 4.90 Å². The second-order valence-electron chi connectivity index (χ2n) is 2.76. The lowest BCUT2D eigenvalue weighted by Crippen LogP contribution is -2.39. The zero-order valence-electron chi connectivity index (χ0n) is 7.12. The number of amides is 4. The fourth-order valence-corrected chi connectivity index (χ4v) is 1.26. The molecule has 2 N–H and O–H groups in total. The molecule has 0 unspecified atom stereocenters. The van der Waals surface area contributed by atoms with Crippen molar-refractivity contribution in [3.63, 3.8) is 0 Å². The van der Waals surface area contributed by atoms with Gasteiger partial charge < -0.3 is 10.6 Å². The Bertz CT molecular complexity index is 205. The number of carbonyl (C=O) groups is 2. The average molecular weight is 171 g/mol. The highest BCUT2D eigenvalue weighted by molar-refractivity contribution is 5.94. The molecule has 68 valence electrons. The average Bonchev–Trinajstić information content (AvgIpc) is 2.34. The van der Waals surface area contributed by atoms with Crippen molar-refractivity contribution in [1.82, 2.24) is 9.80 Å². The molecular formula is C7H13N3O2. The van der Waals surface area contributed by atoms with Crippen LogP contribution in [0.25, 0.3) is 0 Å². The number of urea groups is 2. The maximum atomic E-state index is 11.3. The Labute approximate surface area is 71.1 Å². The highest BCUT2D eigenvalue weighted by Crippen LogP contribution is 2.07. The van der Waals surface area contributed by atoms with Crippen molar-refractivity contribution < 1.29 is 9.59 Å². The van der Waals surface area contributed by atoms with E-state index in [0.29, 0.717) is 19.6 Å². The Hall–Kier alpha value is -1.26. The summed E-state index contributed by atoms with van der Waals surface area (Å²) in [5, 5.41) is 0. The third-order valence-corrected chi connectivity index (χ3v) is 1.85. The summed E-state index contributed by atoms with van der Waals surface area (Å²) in [6, 6.07) is -0.914. The van der Waals surface area contributed by atoms with E-state index in [-0.39, 0.29) is 6.03 Å². The number of hydrogen-bond acceptors (Lipinski definition) is 2. The van der Waals surface area contributed by atoms with Crippen LogP contribution in [0.4, 0.5) is 9.59 Å². The molecule has 1 heterocycles. The number of nitrogens with two attached hydrogens (primary N) is 1. The van der Waals surface area contributed by atoms with Gasteiger partial charge in [-0.1, -0.05) is 6.92 Å². The molecule has 5 nitrogen and oxygen atoms in total. The van der Waals surface area contributed by atoms with Crippen LogP contribution in [0.15, 0.2) is 0 Å². The van der Waals surface area contributed by atoms with Crippen molar-refractivity contribution in [2.45, 2.75) is 13.3 Å². The number of primary amides is 1. The molecular weight excluding hydrogens is 158 g/mol. The highest BCUT2D eigenvalue weighted by Gasteiger charge is 2.30. The third kappa shape index (κ3) is 1.49. The first-order valence-corrected chi connectivity index (χ1v) is 4.02. The molecule has 0 aromatic carbocycles. The summed E-state index contributed by atoms with van der Waals surface area (Å²) in [4.78, 5) is 24.6. The predicted octanol–water partition coefficient (Wildman–Crippen LogP) is 0.213. The largest absolute Gasteiger partial charge is 0.351 e. The van der Waals surface area contributed by atoms with Gasteiger partial charge in [0.15, 0.2) is 0 Å². The minimum atomic E-state index is -0.654. The quantitative estimate of drug-likeness (QED) is 0.645. The monoisotopic (exact) mass is 171 g/mol. The van der Waals surface area contributed by atoms with Crippen molar-refractivity contribution in [3.8, 4) is 0 Å². The molecule has 0 radical (unpaired) electrons. The van der Waals surface area contributed by atoms with Gasteiger partial charge >= 0.3 is 12.1 Å². The van der Waals surface area contributed by atoms with E-state index >= 15 is 0 Å². The van der Waals surface area contributed by atoms with E-state index in [0.717, 1.165) is 11.3 Å². The number of carbonyl (C=O) groups excluding carboxylic acids is 2. The molecule has 0 bridgehead atoms. The molecule has 0 aromatic heterocycles.